The predicted molar refractivity (Wildman–Crippen MR) is 191 cm³/mol. The summed E-state index contributed by atoms with van der Waals surface area (Å²) >= 11 is 3.78. The van der Waals surface area contributed by atoms with Crippen molar-refractivity contribution in [1.82, 2.24) is 0 Å². The molecular formula is C38H29IN2O4S. The number of nitriles is 2. The smallest absolute Gasteiger partial charge is 0.162 e. The molecule has 0 spiro atoms. The second kappa shape index (κ2) is 15.8. The van der Waals surface area contributed by atoms with Gasteiger partial charge in [-0.3, -0.25) is 0 Å². The molecule has 6 nitrogen and oxygen atoms in total. The van der Waals surface area contributed by atoms with E-state index in [1.54, 1.807) is 37.7 Å². The van der Waals surface area contributed by atoms with Crippen molar-refractivity contribution in [3.05, 3.63) is 141 Å². The second-order valence-corrected chi connectivity index (χ2v) is 12.2. The summed E-state index contributed by atoms with van der Waals surface area (Å²) in [5, 5.41) is 19.8. The highest BCUT2D eigenvalue weighted by Gasteiger charge is 2.16. The summed E-state index contributed by atoms with van der Waals surface area (Å²) in [7, 11) is 3.16. The topological polar surface area (TPSA) is 84.5 Å². The molecule has 1 heterocycles. The van der Waals surface area contributed by atoms with Gasteiger partial charge in [-0.2, -0.15) is 10.5 Å². The molecule has 0 saturated heterocycles. The van der Waals surface area contributed by atoms with Gasteiger partial charge in [-0.15, -0.1) is 11.3 Å². The maximum Gasteiger partial charge on any atom is 0.162 e. The molecule has 0 radical (unpaired) electrons. The number of hydrogen-bond donors (Lipinski definition) is 0. The van der Waals surface area contributed by atoms with E-state index in [1.807, 2.05) is 84.9 Å². The standard InChI is InChI=1S/C23H17NO2S.C15H12INO2/c1-25-20-11-18(14-24)19(23-12-17-9-5-6-10-22(17)27-23)13-21(20)26-15-16-7-3-2-4-8-16;1-18-14-7-12(9-17)13(16)8-15(14)19-10-11-5-3-2-4-6-11/h2-13H,15H2,1H3;2-8H,10H2,1H3. The second-order valence-electron chi connectivity index (χ2n) is 9.95. The van der Waals surface area contributed by atoms with Gasteiger partial charge in [-0.25, -0.2) is 0 Å². The monoisotopic (exact) mass is 736 g/mol. The van der Waals surface area contributed by atoms with Crippen molar-refractivity contribution in [2.45, 2.75) is 13.2 Å². The van der Waals surface area contributed by atoms with Crippen molar-refractivity contribution >= 4 is 44.0 Å². The summed E-state index contributed by atoms with van der Waals surface area (Å²) in [6.07, 6.45) is 0. The fourth-order valence-corrected chi connectivity index (χ4v) is 6.26. The Labute approximate surface area is 286 Å². The van der Waals surface area contributed by atoms with Crippen LogP contribution in [-0.2, 0) is 13.2 Å². The van der Waals surface area contributed by atoms with Crippen molar-refractivity contribution < 1.29 is 18.9 Å². The Hall–Kier alpha value is -5.03. The molecule has 46 heavy (non-hydrogen) atoms. The average Bonchev–Trinajstić information content (AvgIpc) is 3.55. The van der Waals surface area contributed by atoms with Gasteiger partial charge < -0.3 is 18.9 Å². The summed E-state index contributed by atoms with van der Waals surface area (Å²) in [5.74, 6) is 2.42. The van der Waals surface area contributed by atoms with Gasteiger partial charge in [0.1, 0.15) is 19.3 Å². The highest BCUT2D eigenvalue weighted by Crippen LogP contribution is 2.40. The molecule has 0 aliphatic carbocycles. The number of hydrogen-bond acceptors (Lipinski definition) is 7. The summed E-state index contributed by atoms with van der Waals surface area (Å²) < 4.78 is 24.5. The Kier molecular flexibility index (Phi) is 11.1. The van der Waals surface area contributed by atoms with E-state index < -0.39 is 0 Å². The van der Waals surface area contributed by atoms with E-state index in [0.29, 0.717) is 47.3 Å². The quantitative estimate of drug-likeness (QED) is 0.138. The maximum absolute atomic E-state index is 9.63. The summed E-state index contributed by atoms with van der Waals surface area (Å²) in [6.45, 7) is 0.911. The normalized spacial score (nSPS) is 10.2. The molecule has 6 rings (SSSR count). The minimum Gasteiger partial charge on any atom is -0.493 e. The van der Waals surface area contributed by atoms with Crippen LogP contribution in [0.5, 0.6) is 23.0 Å². The molecule has 0 aliphatic heterocycles. The maximum atomic E-state index is 9.63. The third kappa shape index (κ3) is 7.97. The van der Waals surface area contributed by atoms with Crippen LogP contribution in [0.4, 0.5) is 0 Å². The molecule has 0 saturated carbocycles. The fraction of sp³-hybridized carbons (Fsp3) is 0.105. The third-order valence-electron chi connectivity index (χ3n) is 6.96. The van der Waals surface area contributed by atoms with E-state index in [9.17, 15) is 5.26 Å². The van der Waals surface area contributed by atoms with Crippen LogP contribution in [0.1, 0.15) is 22.3 Å². The number of ether oxygens (including phenoxy) is 4. The number of halogens is 1. The zero-order valence-electron chi connectivity index (χ0n) is 25.2. The molecule has 0 amide bonds. The van der Waals surface area contributed by atoms with Gasteiger partial charge in [0.05, 0.1) is 31.4 Å². The number of fused-ring (bicyclic) bond motifs is 1. The number of thiophene rings is 1. The van der Waals surface area contributed by atoms with E-state index >= 15 is 0 Å². The van der Waals surface area contributed by atoms with Gasteiger partial charge in [0, 0.05) is 30.8 Å². The Bertz CT molecular complexity index is 1980. The first-order chi connectivity index (χ1) is 22.5. The lowest BCUT2D eigenvalue weighted by Gasteiger charge is -2.13. The minimum atomic E-state index is 0.439. The van der Waals surface area contributed by atoms with E-state index in [2.05, 4.69) is 52.9 Å². The molecular weight excluding hydrogens is 707 g/mol. The first-order valence-electron chi connectivity index (χ1n) is 14.2. The largest absolute Gasteiger partial charge is 0.493 e. The molecule has 228 valence electrons. The van der Waals surface area contributed by atoms with E-state index in [-0.39, 0.29) is 0 Å². The molecule has 1 aromatic heterocycles. The molecule has 0 unspecified atom stereocenters. The Morgan fingerprint density at radius 3 is 1.67 bits per heavy atom. The van der Waals surface area contributed by atoms with Gasteiger partial charge >= 0.3 is 0 Å². The predicted octanol–water partition coefficient (Wildman–Crippen LogP) is 9.78. The zero-order chi connectivity index (χ0) is 32.3. The molecule has 0 atom stereocenters. The molecule has 0 N–H and O–H groups in total. The average molecular weight is 737 g/mol. The van der Waals surface area contributed by atoms with E-state index in [0.717, 1.165) is 25.1 Å². The first kappa shape index (κ1) is 32.4. The van der Waals surface area contributed by atoms with Crippen molar-refractivity contribution in [3.8, 4) is 45.6 Å². The lowest BCUT2D eigenvalue weighted by atomic mass is 10.1. The van der Waals surface area contributed by atoms with Crippen LogP contribution in [0.2, 0.25) is 0 Å². The Morgan fingerprint density at radius 2 is 1.13 bits per heavy atom. The first-order valence-corrected chi connectivity index (χ1v) is 16.1. The Balaban J connectivity index is 0.000000193. The fourth-order valence-electron chi connectivity index (χ4n) is 4.61. The number of methoxy groups -OCH3 is 2. The molecule has 0 bridgehead atoms. The van der Waals surface area contributed by atoms with Gasteiger partial charge in [-0.1, -0.05) is 78.9 Å². The van der Waals surface area contributed by atoms with Crippen LogP contribution in [0.3, 0.4) is 0 Å². The molecule has 0 aliphatic rings. The molecule has 0 fully saturated rings. The van der Waals surface area contributed by atoms with Crippen LogP contribution < -0.4 is 18.9 Å². The minimum absolute atomic E-state index is 0.439. The molecule has 5 aromatic carbocycles. The van der Waals surface area contributed by atoms with E-state index in [1.165, 1.54) is 10.1 Å². The van der Waals surface area contributed by atoms with Gasteiger partial charge in [0.2, 0.25) is 0 Å². The van der Waals surface area contributed by atoms with Gasteiger partial charge in [-0.05, 0) is 63.4 Å². The zero-order valence-corrected chi connectivity index (χ0v) is 28.2. The molecule has 6 aromatic rings. The van der Waals surface area contributed by atoms with Crippen molar-refractivity contribution in [3.63, 3.8) is 0 Å². The van der Waals surface area contributed by atoms with Crippen LogP contribution in [0, 0.1) is 26.2 Å². The number of nitrogens with zero attached hydrogens (tertiary/aromatic N) is 2. The third-order valence-corrected chi connectivity index (χ3v) is 9.01. The van der Waals surface area contributed by atoms with Crippen LogP contribution in [0.15, 0.2) is 115 Å². The highest BCUT2D eigenvalue weighted by atomic mass is 127. The van der Waals surface area contributed by atoms with Crippen LogP contribution in [-0.4, -0.2) is 14.2 Å². The van der Waals surface area contributed by atoms with Crippen LogP contribution in [0.25, 0.3) is 20.5 Å². The SMILES string of the molecule is COc1cc(C#N)c(-c2cc3ccccc3s2)cc1OCc1ccccc1.COc1cc(C#N)c(I)cc1OCc1ccccc1. The van der Waals surface area contributed by atoms with Crippen molar-refractivity contribution in [2.75, 3.05) is 14.2 Å². The highest BCUT2D eigenvalue weighted by molar-refractivity contribution is 14.1. The van der Waals surface area contributed by atoms with Crippen LogP contribution >= 0.6 is 33.9 Å². The lowest BCUT2D eigenvalue weighted by molar-refractivity contribution is 0.284. The number of benzene rings is 5. The van der Waals surface area contributed by atoms with Gasteiger partial charge in [0.15, 0.2) is 23.0 Å². The molecule has 8 heteroatoms. The summed E-state index contributed by atoms with van der Waals surface area (Å²) in [5.41, 5.74) is 4.19. The summed E-state index contributed by atoms with van der Waals surface area (Å²) in [6, 6.07) is 41.8. The summed E-state index contributed by atoms with van der Waals surface area (Å²) in [4.78, 5) is 1.04. The van der Waals surface area contributed by atoms with Crippen molar-refractivity contribution in [1.29, 1.82) is 10.5 Å². The lowest BCUT2D eigenvalue weighted by Crippen LogP contribution is -1.99. The van der Waals surface area contributed by atoms with E-state index in [4.69, 9.17) is 24.2 Å². The Morgan fingerprint density at radius 1 is 0.609 bits per heavy atom. The van der Waals surface area contributed by atoms with Gasteiger partial charge in [0.25, 0.3) is 0 Å². The number of rotatable bonds is 9. The van der Waals surface area contributed by atoms with Crippen molar-refractivity contribution in [2.24, 2.45) is 0 Å².